The van der Waals surface area contributed by atoms with Crippen LogP contribution in [0.25, 0.3) is 0 Å². The Morgan fingerprint density at radius 2 is 1.12 bits per heavy atom. The van der Waals surface area contributed by atoms with Crippen molar-refractivity contribution in [3.8, 4) is 5.75 Å². The molecule has 4 N–H and O–H groups in total. The van der Waals surface area contributed by atoms with Gasteiger partial charge in [0.05, 0.1) is 18.1 Å². The molecule has 2 amide bonds. The van der Waals surface area contributed by atoms with E-state index in [9.17, 15) is 41.5 Å². The van der Waals surface area contributed by atoms with E-state index in [0.717, 1.165) is 24.8 Å². The maximum atomic E-state index is 13.1. The maximum Gasteiger partial charge on any atom is 0.333 e. The summed E-state index contributed by atoms with van der Waals surface area (Å²) in [6.45, 7) is 29.4. The Morgan fingerprint density at radius 3 is 1.35 bits per heavy atom. The van der Waals surface area contributed by atoms with Gasteiger partial charge in [0.1, 0.15) is 0 Å². The Kier molecular flexibility index (Phi) is 43.4. The van der Waals surface area contributed by atoms with Gasteiger partial charge in [0.25, 0.3) is 11.8 Å². The first-order chi connectivity index (χ1) is 27.5. The number of hydrogen-bond acceptors (Lipinski definition) is 12. The van der Waals surface area contributed by atoms with Crippen LogP contribution in [0.4, 0.5) is 17.6 Å². The summed E-state index contributed by atoms with van der Waals surface area (Å²) in [5, 5.41) is 19.1. The molecule has 1 fully saturated rings. The number of aliphatic hydroxyl groups is 1. The van der Waals surface area contributed by atoms with Crippen molar-refractivity contribution in [2.24, 2.45) is 52.2 Å². The predicted octanol–water partition coefficient (Wildman–Crippen LogP) is 9.50. The zero-order chi connectivity index (χ0) is 48.3. The minimum Gasteiger partial charge on any atom is -0.481 e. The molecule has 12 nitrogen and oxygen atoms in total. The lowest BCUT2D eigenvalue weighted by Gasteiger charge is -2.13. The van der Waals surface area contributed by atoms with Crippen LogP contribution in [-0.4, -0.2) is 75.6 Å². The van der Waals surface area contributed by atoms with Gasteiger partial charge in [0.15, 0.2) is 11.6 Å². The quantitative estimate of drug-likeness (QED) is 0.0216. The van der Waals surface area contributed by atoms with Gasteiger partial charge in [-0.2, -0.15) is 21.4 Å². The molecule has 1 aliphatic rings. The summed E-state index contributed by atoms with van der Waals surface area (Å²) >= 11 is 8.37. The molecule has 18 heteroatoms. The largest absolute Gasteiger partial charge is 0.481 e. The summed E-state index contributed by atoms with van der Waals surface area (Å²) in [4.78, 5) is 62.5. The van der Waals surface area contributed by atoms with Gasteiger partial charge in [-0.3, -0.25) is 19.2 Å². The Bertz CT molecular complexity index is 1340. The van der Waals surface area contributed by atoms with E-state index in [1.807, 2.05) is 41.5 Å². The summed E-state index contributed by atoms with van der Waals surface area (Å²) in [5.41, 5.74) is 5.17. The van der Waals surface area contributed by atoms with Crippen LogP contribution < -0.4 is 10.5 Å². The number of halogens is 4. The molecule has 1 heterocycles. The molecule has 0 unspecified atom stereocenters. The number of isothiocyanates is 1. The van der Waals surface area contributed by atoms with Gasteiger partial charge in [-0.05, 0) is 65.9 Å². The number of carboxylic acid groups (broad SMARTS) is 1. The van der Waals surface area contributed by atoms with Crippen LogP contribution in [0.15, 0.2) is 11.1 Å². The fraction of sp³-hybridized carbons (Fsp3) is 0.714. The van der Waals surface area contributed by atoms with Crippen LogP contribution in [0.3, 0.4) is 0 Å². The van der Waals surface area contributed by atoms with Crippen molar-refractivity contribution in [1.29, 1.82) is 0 Å². The Hall–Kier alpha value is -3.44. The number of imide groups is 1. The van der Waals surface area contributed by atoms with E-state index in [1.165, 1.54) is 0 Å². The molecule has 2 rings (SSSR count). The average Bonchev–Trinajstić information content (AvgIpc) is 3.44. The van der Waals surface area contributed by atoms with Crippen molar-refractivity contribution < 1.29 is 61.3 Å². The molecule has 1 aliphatic heterocycles. The molecule has 0 aliphatic carbocycles. The molecular formula is C42H73F4N3O9S2. The van der Waals surface area contributed by atoms with Crippen LogP contribution in [0.5, 0.6) is 5.75 Å². The van der Waals surface area contributed by atoms with Crippen LogP contribution in [0, 0.1) is 64.7 Å². The van der Waals surface area contributed by atoms with Crippen LogP contribution in [-0.2, 0) is 28.8 Å². The number of rotatable bonds is 13. The van der Waals surface area contributed by atoms with Crippen molar-refractivity contribution >= 4 is 59.7 Å². The second kappa shape index (κ2) is 39.7. The van der Waals surface area contributed by atoms with E-state index < -0.39 is 58.7 Å². The van der Waals surface area contributed by atoms with E-state index in [0.29, 0.717) is 29.4 Å². The lowest BCUT2D eigenvalue weighted by Crippen LogP contribution is -2.32. The number of esters is 1. The molecule has 0 radical (unpaired) electrons. The van der Waals surface area contributed by atoms with Crippen molar-refractivity contribution in [3.05, 3.63) is 29.3 Å². The number of carboxylic acids is 1. The van der Waals surface area contributed by atoms with Gasteiger partial charge in [-0.1, -0.05) is 96.9 Å². The SMILES string of the molecule is CC(C)CC(=O)O.CC(C)CC(=O)ON1C(=O)CCC1=O.CC(C)CC(=O)Oc1c(F)c(F)cc(F)c1F.CC(C)CN.CC(C)CN=C=S.CC(C)CO.CC(C)CS. The zero-order valence-electron chi connectivity index (χ0n) is 38.1. The lowest BCUT2D eigenvalue weighted by atomic mass is 10.1. The standard InChI is InChI=1S/C11H10F4O2.C9H13NO4.C5H9NS.C5H10O2.C4H11N.C4H10O.C4H10S/c1-5(2)3-8(16)17-11-9(14)6(12)4-7(13)10(11)15;1-6(2)5-9(13)14-10-7(11)3-4-8(10)12;1-5(2)3-6-4-7;1-4(2)3-5(6)7;3*1-4(2)3-5/h4-5H,3H2,1-2H3;6H,3-5H2,1-2H3;5H,3H2,1-2H3;4H,3H2,1-2H3,(H,6,7);4H,3,5H2,1-2H3;2*4-5H,3H2,1-2H3. The third kappa shape index (κ3) is 44.1. The molecule has 350 valence electrons. The molecule has 60 heavy (non-hydrogen) atoms. The number of thiol groups is 1. The van der Waals surface area contributed by atoms with Gasteiger partial charge in [0, 0.05) is 38.4 Å². The molecule has 1 aromatic rings. The second-order valence-electron chi connectivity index (χ2n) is 16.1. The highest BCUT2D eigenvalue weighted by molar-refractivity contribution is 7.80. The summed E-state index contributed by atoms with van der Waals surface area (Å²) in [5.74, 6) is -7.32. The monoisotopic (exact) mass is 903 g/mol. The number of nitrogens with zero attached hydrogens (tertiary/aromatic N) is 2. The van der Waals surface area contributed by atoms with Gasteiger partial charge >= 0.3 is 17.9 Å². The highest BCUT2D eigenvalue weighted by Crippen LogP contribution is 2.27. The lowest BCUT2D eigenvalue weighted by molar-refractivity contribution is -0.198. The highest BCUT2D eigenvalue weighted by atomic mass is 32.1. The first-order valence-electron chi connectivity index (χ1n) is 19.8. The minimum absolute atomic E-state index is 0.0461. The van der Waals surface area contributed by atoms with Gasteiger partial charge in [-0.25, -0.2) is 18.6 Å². The first-order valence-corrected chi connectivity index (χ1v) is 20.9. The maximum absolute atomic E-state index is 13.1. The number of ether oxygens (including phenoxy) is 1. The Labute approximate surface area is 366 Å². The average molecular weight is 904 g/mol. The van der Waals surface area contributed by atoms with Gasteiger partial charge < -0.3 is 25.5 Å². The normalized spacial score (nSPS) is 11.4. The third-order valence-corrected chi connectivity index (χ3v) is 6.80. The number of aliphatic imine (C=N–C) groups is 1. The molecule has 1 aromatic carbocycles. The number of carbonyl (C=O) groups is 5. The Balaban J connectivity index is -0.000000210. The van der Waals surface area contributed by atoms with E-state index in [1.54, 1.807) is 13.8 Å². The van der Waals surface area contributed by atoms with Crippen LogP contribution in [0.2, 0.25) is 0 Å². The van der Waals surface area contributed by atoms with Crippen molar-refractivity contribution in [2.45, 2.75) is 129 Å². The molecule has 0 spiro atoms. The third-order valence-electron chi connectivity index (χ3n) is 5.94. The molecule has 0 bridgehead atoms. The zero-order valence-corrected chi connectivity index (χ0v) is 39.8. The Morgan fingerprint density at radius 1 is 0.750 bits per heavy atom. The summed E-state index contributed by atoms with van der Waals surface area (Å²) in [6, 6.07) is 0.0461. The van der Waals surface area contributed by atoms with Crippen LogP contribution in [0.1, 0.15) is 129 Å². The van der Waals surface area contributed by atoms with E-state index in [2.05, 4.69) is 86.1 Å². The molecule has 0 aromatic heterocycles. The summed E-state index contributed by atoms with van der Waals surface area (Å²) in [7, 11) is 0. The van der Waals surface area contributed by atoms with Gasteiger partial charge in [0.2, 0.25) is 17.4 Å². The molecule has 0 saturated carbocycles. The van der Waals surface area contributed by atoms with Gasteiger partial charge in [-0.15, -0.1) is 5.06 Å². The molecule has 0 atom stereocenters. The fourth-order valence-corrected chi connectivity index (χ4v) is 2.90. The van der Waals surface area contributed by atoms with E-state index >= 15 is 0 Å². The number of aliphatic carboxylic acids is 1. The topological polar surface area (TPSA) is 186 Å². The molecular weight excluding hydrogens is 831 g/mol. The van der Waals surface area contributed by atoms with E-state index in [4.69, 9.17) is 15.9 Å². The number of nitrogens with two attached hydrogens (primary N) is 1. The highest BCUT2D eigenvalue weighted by Gasteiger charge is 2.32. The number of benzene rings is 1. The number of hydroxylamine groups is 2. The van der Waals surface area contributed by atoms with Crippen molar-refractivity contribution in [3.63, 3.8) is 0 Å². The number of aliphatic hydroxyl groups excluding tert-OH is 1. The van der Waals surface area contributed by atoms with Crippen molar-refractivity contribution in [2.75, 3.05) is 25.4 Å². The smallest absolute Gasteiger partial charge is 0.333 e. The van der Waals surface area contributed by atoms with Crippen molar-refractivity contribution in [1.82, 2.24) is 5.06 Å². The fourth-order valence-electron chi connectivity index (χ4n) is 2.83. The van der Waals surface area contributed by atoms with E-state index in [-0.39, 0.29) is 55.9 Å². The summed E-state index contributed by atoms with van der Waals surface area (Å²) in [6.07, 6.45) is 0.635. The number of thiocarbonyl (C=S) groups is 1. The number of hydrogen-bond donors (Lipinski definition) is 4. The second-order valence-corrected chi connectivity index (χ2v) is 16.7. The predicted molar refractivity (Wildman–Crippen MR) is 234 cm³/mol. The molecule has 1 saturated heterocycles. The van der Waals surface area contributed by atoms with Crippen LogP contribution >= 0.6 is 24.8 Å². The first kappa shape index (κ1) is 65.7. The number of carbonyl (C=O) groups excluding carboxylic acids is 4. The summed E-state index contributed by atoms with van der Waals surface area (Å²) < 4.78 is 56.0. The minimum atomic E-state index is -1.72. The number of amides is 2.